The van der Waals surface area contributed by atoms with Crippen molar-refractivity contribution >= 4 is 17.6 Å². The molecule has 1 amide bonds. The van der Waals surface area contributed by atoms with Gasteiger partial charge in [0.1, 0.15) is 5.75 Å². The molecule has 1 heterocycles. The number of benzene rings is 1. The number of aliphatic carboxylic acids is 1. The predicted octanol–water partition coefficient (Wildman–Crippen LogP) is 0.701. The smallest absolute Gasteiger partial charge is 0.308 e. The molecule has 1 saturated heterocycles. The number of carbonyl (C=O) groups is 2. The second-order valence-corrected chi connectivity index (χ2v) is 4.06. The van der Waals surface area contributed by atoms with Crippen molar-refractivity contribution < 1.29 is 19.8 Å². The van der Waals surface area contributed by atoms with Gasteiger partial charge in [-0.1, -0.05) is 0 Å². The number of carbonyl (C=O) groups excluding carboxylic acids is 1. The van der Waals surface area contributed by atoms with Gasteiger partial charge in [0, 0.05) is 13.0 Å². The van der Waals surface area contributed by atoms with Gasteiger partial charge < -0.3 is 15.1 Å². The number of carboxylic acids is 1. The lowest BCUT2D eigenvalue weighted by Crippen LogP contribution is -2.25. The van der Waals surface area contributed by atoms with E-state index in [-0.39, 0.29) is 30.3 Å². The Bertz CT molecular complexity index is 562. The minimum atomic E-state index is -1.04. The third kappa shape index (κ3) is 1.98. The number of anilines is 1. The molecule has 1 aliphatic rings. The van der Waals surface area contributed by atoms with Crippen molar-refractivity contribution in [1.82, 2.24) is 0 Å². The Labute approximate surface area is 103 Å². The van der Waals surface area contributed by atoms with Crippen molar-refractivity contribution in [2.24, 2.45) is 5.92 Å². The number of carboxylic acid groups (broad SMARTS) is 1. The maximum atomic E-state index is 11.7. The minimum Gasteiger partial charge on any atom is -0.506 e. The zero-order valence-electron chi connectivity index (χ0n) is 9.33. The highest BCUT2D eigenvalue weighted by molar-refractivity contribution is 6.00. The second-order valence-electron chi connectivity index (χ2n) is 4.06. The van der Waals surface area contributed by atoms with Crippen LogP contribution in [0, 0.1) is 17.2 Å². The Morgan fingerprint density at radius 2 is 2.22 bits per heavy atom. The van der Waals surface area contributed by atoms with E-state index in [9.17, 15) is 14.7 Å². The maximum absolute atomic E-state index is 11.7. The summed E-state index contributed by atoms with van der Waals surface area (Å²) in [6, 6.07) is 6.01. The summed E-state index contributed by atoms with van der Waals surface area (Å²) in [5.41, 5.74) is 0.483. The Hall–Kier alpha value is -2.55. The number of phenols is 1. The van der Waals surface area contributed by atoms with Crippen molar-refractivity contribution in [2.75, 3.05) is 11.4 Å². The van der Waals surface area contributed by atoms with Gasteiger partial charge in [-0.05, 0) is 18.2 Å². The monoisotopic (exact) mass is 246 g/mol. The van der Waals surface area contributed by atoms with Gasteiger partial charge in [0.25, 0.3) is 0 Å². The molecule has 6 heteroatoms. The molecule has 6 nitrogen and oxygen atoms in total. The van der Waals surface area contributed by atoms with E-state index in [1.165, 1.54) is 23.1 Å². The van der Waals surface area contributed by atoms with Gasteiger partial charge in [0.05, 0.1) is 23.2 Å². The van der Waals surface area contributed by atoms with E-state index in [1.807, 2.05) is 6.07 Å². The quantitative estimate of drug-likeness (QED) is 0.799. The van der Waals surface area contributed by atoms with Crippen LogP contribution in [0.3, 0.4) is 0 Å². The zero-order chi connectivity index (χ0) is 13.3. The summed E-state index contributed by atoms with van der Waals surface area (Å²) >= 11 is 0. The first-order valence-corrected chi connectivity index (χ1v) is 5.29. The fourth-order valence-electron chi connectivity index (χ4n) is 1.92. The number of hydrogen-bond acceptors (Lipinski definition) is 4. The molecule has 0 aromatic heterocycles. The standard InChI is InChI=1S/C12H10N2O4/c13-5-7-1-2-10(15)9(3-7)14-6-8(12(17)18)4-11(14)16/h1-3,8,15H,4,6H2,(H,17,18). The van der Waals surface area contributed by atoms with Crippen LogP contribution in [0.2, 0.25) is 0 Å². The molecule has 0 radical (unpaired) electrons. The van der Waals surface area contributed by atoms with Crippen molar-refractivity contribution in [3.8, 4) is 11.8 Å². The number of phenolic OH excluding ortho intramolecular Hbond substituents is 1. The molecule has 1 aliphatic heterocycles. The number of nitrogens with zero attached hydrogens (tertiary/aromatic N) is 2. The molecule has 2 rings (SSSR count). The van der Waals surface area contributed by atoms with E-state index in [0.717, 1.165) is 0 Å². The van der Waals surface area contributed by atoms with E-state index in [0.29, 0.717) is 5.56 Å². The first kappa shape index (κ1) is 11.9. The summed E-state index contributed by atoms with van der Waals surface area (Å²) < 4.78 is 0. The van der Waals surface area contributed by atoms with Crippen LogP contribution in [0.5, 0.6) is 5.75 Å². The van der Waals surface area contributed by atoms with E-state index >= 15 is 0 Å². The van der Waals surface area contributed by atoms with Gasteiger partial charge in [-0.15, -0.1) is 0 Å². The highest BCUT2D eigenvalue weighted by atomic mass is 16.4. The minimum absolute atomic E-state index is 0.0105. The van der Waals surface area contributed by atoms with Crippen molar-refractivity contribution in [1.29, 1.82) is 5.26 Å². The summed E-state index contributed by atoms with van der Waals surface area (Å²) in [5, 5.41) is 27.3. The fraction of sp³-hybridized carbons (Fsp3) is 0.250. The maximum Gasteiger partial charge on any atom is 0.308 e. The predicted molar refractivity (Wildman–Crippen MR) is 60.9 cm³/mol. The molecule has 1 fully saturated rings. The molecule has 1 aromatic rings. The van der Waals surface area contributed by atoms with Crippen molar-refractivity contribution in [3.63, 3.8) is 0 Å². The van der Waals surface area contributed by atoms with Crippen LogP contribution in [0.4, 0.5) is 5.69 Å². The lowest BCUT2D eigenvalue weighted by molar-refractivity contribution is -0.141. The van der Waals surface area contributed by atoms with E-state index in [1.54, 1.807) is 0 Å². The largest absolute Gasteiger partial charge is 0.506 e. The molecule has 1 unspecified atom stereocenters. The molecule has 92 valence electrons. The summed E-state index contributed by atoms with van der Waals surface area (Å²) in [6.07, 6.45) is -0.0917. The van der Waals surface area contributed by atoms with Crippen LogP contribution in [-0.2, 0) is 9.59 Å². The van der Waals surface area contributed by atoms with Crippen LogP contribution < -0.4 is 4.90 Å². The Balaban J connectivity index is 2.35. The topological polar surface area (TPSA) is 102 Å². The number of hydrogen-bond donors (Lipinski definition) is 2. The Morgan fingerprint density at radius 3 is 2.78 bits per heavy atom. The van der Waals surface area contributed by atoms with Gasteiger partial charge in [0.15, 0.2) is 0 Å². The zero-order valence-corrected chi connectivity index (χ0v) is 9.33. The Morgan fingerprint density at radius 1 is 1.50 bits per heavy atom. The average molecular weight is 246 g/mol. The molecule has 2 N–H and O–H groups in total. The molecule has 0 spiro atoms. The lowest BCUT2D eigenvalue weighted by Gasteiger charge is -2.17. The molecule has 0 aliphatic carbocycles. The molecular weight excluding hydrogens is 236 g/mol. The summed E-state index contributed by atoms with van der Waals surface area (Å²) in [5.74, 6) is -2.33. The van der Waals surface area contributed by atoms with Crippen LogP contribution >= 0.6 is 0 Å². The lowest BCUT2D eigenvalue weighted by atomic mass is 10.1. The normalized spacial score (nSPS) is 18.7. The van der Waals surface area contributed by atoms with Gasteiger partial charge in [0.2, 0.25) is 5.91 Å². The third-order valence-corrected chi connectivity index (χ3v) is 2.87. The van der Waals surface area contributed by atoms with Crippen LogP contribution in [-0.4, -0.2) is 28.6 Å². The number of rotatable bonds is 2. The van der Waals surface area contributed by atoms with E-state index in [4.69, 9.17) is 10.4 Å². The number of amides is 1. The summed E-state index contributed by atoms with van der Waals surface area (Å²) in [4.78, 5) is 23.8. The summed E-state index contributed by atoms with van der Waals surface area (Å²) in [7, 11) is 0. The van der Waals surface area contributed by atoms with Crippen LogP contribution in [0.25, 0.3) is 0 Å². The van der Waals surface area contributed by atoms with Crippen molar-refractivity contribution in [3.05, 3.63) is 23.8 Å². The average Bonchev–Trinajstić information content (AvgIpc) is 2.72. The third-order valence-electron chi connectivity index (χ3n) is 2.87. The molecule has 1 aromatic carbocycles. The van der Waals surface area contributed by atoms with E-state index < -0.39 is 11.9 Å². The highest BCUT2D eigenvalue weighted by Crippen LogP contribution is 2.33. The highest BCUT2D eigenvalue weighted by Gasteiger charge is 2.36. The molecule has 0 saturated carbocycles. The van der Waals surface area contributed by atoms with Gasteiger partial charge >= 0.3 is 5.97 Å². The van der Waals surface area contributed by atoms with Gasteiger partial charge in [-0.25, -0.2) is 0 Å². The van der Waals surface area contributed by atoms with Crippen LogP contribution in [0.15, 0.2) is 18.2 Å². The fourth-order valence-corrected chi connectivity index (χ4v) is 1.92. The number of nitriles is 1. The first-order valence-electron chi connectivity index (χ1n) is 5.29. The second kappa shape index (κ2) is 4.37. The SMILES string of the molecule is N#Cc1ccc(O)c(N2CC(C(=O)O)CC2=O)c1. The van der Waals surface area contributed by atoms with E-state index in [2.05, 4.69) is 0 Å². The Kier molecular flexibility index (Phi) is 2.90. The summed E-state index contributed by atoms with van der Waals surface area (Å²) in [6.45, 7) is 0.0105. The first-order chi connectivity index (χ1) is 8.52. The number of aromatic hydroxyl groups is 1. The van der Waals surface area contributed by atoms with Gasteiger partial charge in [-0.3, -0.25) is 9.59 Å². The molecule has 0 bridgehead atoms. The van der Waals surface area contributed by atoms with Crippen molar-refractivity contribution in [2.45, 2.75) is 6.42 Å². The molecule has 18 heavy (non-hydrogen) atoms. The molecule has 1 atom stereocenters. The molecular formula is C12H10N2O4. The van der Waals surface area contributed by atoms with Crippen LogP contribution in [0.1, 0.15) is 12.0 Å². The van der Waals surface area contributed by atoms with Gasteiger partial charge in [-0.2, -0.15) is 5.26 Å².